The van der Waals surface area contributed by atoms with Crippen molar-refractivity contribution in [3.05, 3.63) is 59.9 Å². The molecule has 0 saturated heterocycles. The summed E-state index contributed by atoms with van der Waals surface area (Å²) in [6, 6.07) is 16.6. The van der Waals surface area contributed by atoms with Crippen LogP contribution >= 0.6 is 0 Å². The first-order valence-electron chi connectivity index (χ1n) is 12.4. The molecule has 5 heteroatoms. The average Bonchev–Trinajstić information content (AvgIpc) is 3.18. The van der Waals surface area contributed by atoms with E-state index in [1.54, 1.807) is 0 Å². The van der Waals surface area contributed by atoms with Gasteiger partial charge in [-0.15, -0.1) is 0 Å². The zero-order valence-electron chi connectivity index (χ0n) is 20.3. The second kappa shape index (κ2) is 10.4. The highest BCUT2D eigenvalue weighted by Crippen LogP contribution is 2.25. The Hall–Kier alpha value is -2.82. The zero-order valence-corrected chi connectivity index (χ0v) is 20.3. The third-order valence-corrected chi connectivity index (χ3v) is 6.65. The lowest BCUT2D eigenvalue weighted by Crippen LogP contribution is -2.32. The zero-order chi connectivity index (χ0) is 23.3. The van der Waals surface area contributed by atoms with Gasteiger partial charge in [0.2, 0.25) is 5.91 Å². The van der Waals surface area contributed by atoms with E-state index in [9.17, 15) is 4.79 Å². The number of carbonyl (C=O) groups is 1. The maximum Gasteiger partial charge on any atom is 0.223 e. The molecule has 0 unspecified atom stereocenters. The summed E-state index contributed by atoms with van der Waals surface area (Å²) in [6.07, 6.45) is 6.46. The standard InChI is InChI=1S/C28H37N3O2/c1-28(2,3)22-14-16-23(17-15-22)33-19-9-18-31-25-13-8-7-12-24(25)30-26(31)20-29-27(32)21-10-5-4-6-11-21/h7-8,12-17,21H,4-6,9-11,18-20H2,1-3H3,(H,29,32). The quantitative estimate of drug-likeness (QED) is 0.431. The second-order valence-electron chi connectivity index (χ2n) is 10.2. The van der Waals surface area contributed by atoms with E-state index < -0.39 is 0 Å². The molecule has 1 N–H and O–H groups in total. The summed E-state index contributed by atoms with van der Waals surface area (Å²) < 4.78 is 8.22. The molecule has 0 spiro atoms. The van der Waals surface area contributed by atoms with Crippen LogP contribution in [0.3, 0.4) is 0 Å². The van der Waals surface area contributed by atoms with E-state index in [-0.39, 0.29) is 17.2 Å². The number of hydrogen-bond donors (Lipinski definition) is 1. The Balaban J connectivity index is 1.36. The molecule has 1 aliphatic rings. The van der Waals surface area contributed by atoms with Gasteiger partial charge in [-0.2, -0.15) is 0 Å². The Bertz CT molecular complexity index is 1060. The summed E-state index contributed by atoms with van der Waals surface area (Å²) in [5.41, 5.74) is 3.52. The number of aromatic nitrogens is 2. The van der Waals surface area contributed by atoms with Gasteiger partial charge in [0.25, 0.3) is 0 Å². The maximum atomic E-state index is 12.6. The van der Waals surface area contributed by atoms with Crippen LogP contribution in [0.1, 0.15) is 70.7 Å². The Morgan fingerprint density at radius 3 is 2.52 bits per heavy atom. The summed E-state index contributed by atoms with van der Waals surface area (Å²) in [6.45, 7) is 8.55. The predicted octanol–water partition coefficient (Wildman–Crippen LogP) is 6.00. The maximum absolute atomic E-state index is 12.6. The van der Waals surface area contributed by atoms with Crippen molar-refractivity contribution in [2.24, 2.45) is 5.92 Å². The average molecular weight is 448 g/mol. The summed E-state index contributed by atoms with van der Waals surface area (Å²) in [4.78, 5) is 17.4. The van der Waals surface area contributed by atoms with Crippen LogP contribution in [0.25, 0.3) is 11.0 Å². The van der Waals surface area contributed by atoms with Gasteiger partial charge in [-0.25, -0.2) is 4.98 Å². The van der Waals surface area contributed by atoms with E-state index in [1.807, 2.05) is 18.2 Å². The number of para-hydroxylation sites is 2. The highest BCUT2D eigenvalue weighted by molar-refractivity contribution is 5.79. The van der Waals surface area contributed by atoms with Gasteiger partial charge in [0.1, 0.15) is 11.6 Å². The number of benzene rings is 2. The van der Waals surface area contributed by atoms with Gasteiger partial charge in [-0.1, -0.05) is 64.3 Å². The Kier molecular flexibility index (Phi) is 7.36. The van der Waals surface area contributed by atoms with Crippen LogP contribution in [0.15, 0.2) is 48.5 Å². The fraction of sp³-hybridized carbons (Fsp3) is 0.500. The number of nitrogens with one attached hydrogen (secondary N) is 1. The molecule has 33 heavy (non-hydrogen) atoms. The molecule has 1 aliphatic carbocycles. The van der Waals surface area contributed by atoms with Crippen molar-refractivity contribution in [1.29, 1.82) is 0 Å². The van der Waals surface area contributed by atoms with Gasteiger partial charge >= 0.3 is 0 Å². The van der Waals surface area contributed by atoms with Crippen molar-refractivity contribution in [1.82, 2.24) is 14.9 Å². The van der Waals surface area contributed by atoms with Gasteiger partial charge in [0.05, 0.1) is 24.2 Å². The molecule has 0 aliphatic heterocycles. The van der Waals surface area contributed by atoms with Crippen molar-refractivity contribution < 1.29 is 9.53 Å². The van der Waals surface area contributed by atoms with Crippen LogP contribution in [0.5, 0.6) is 5.75 Å². The fourth-order valence-electron chi connectivity index (χ4n) is 4.65. The normalized spacial score (nSPS) is 15.0. The molecule has 1 heterocycles. The van der Waals surface area contributed by atoms with Crippen molar-refractivity contribution in [3.63, 3.8) is 0 Å². The third-order valence-electron chi connectivity index (χ3n) is 6.65. The number of amides is 1. The number of carbonyl (C=O) groups excluding carboxylic acids is 1. The van der Waals surface area contributed by atoms with E-state index in [0.717, 1.165) is 61.3 Å². The van der Waals surface area contributed by atoms with Crippen molar-refractivity contribution in [2.45, 2.75) is 77.8 Å². The van der Waals surface area contributed by atoms with E-state index in [2.05, 4.69) is 61.0 Å². The van der Waals surface area contributed by atoms with Gasteiger partial charge < -0.3 is 14.6 Å². The number of hydrogen-bond acceptors (Lipinski definition) is 3. The Morgan fingerprint density at radius 1 is 1.06 bits per heavy atom. The molecule has 4 rings (SSSR count). The summed E-state index contributed by atoms with van der Waals surface area (Å²) in [5, 5.41) is 3.15. The number of ether oxygens (including phenoxy) is 1. The van der Waals surface area contributed by atoms with Crippen LogP contribution in [0.2, 0.25) is 0 Å². The molecule has 176 valence electrons. The number of aryl methyl sites for hydroxylation is 1. The third kappa shape index (κ3) is 5.95. The molecule has 1 fully saturated rings. The van der Waals surface area contributed by atoms with Crippen molar-refractivity contribution in [2.75, 3.05) is 6.61 Å². The van der Waals surface area contributed by atoms with Crippen LogP contribution < -0.4 is 10.1 Å². The Morgan fingerprint density at radius 2 is 1.79 bits per heavy atom. The lowest BCUT2D eigenvalue weighted by Gasteiger charge is -2.20. The molecule has 3 aromatic rings. The first-order valence-corrected chi connectivity index (χ1v) is 12.4. The van der Waals surface area contributed by atoms with E-state index in [0.29, 0.717) is 13.2 Å². The molecule has 0 radical (unpaired) electrons. The SMILES string of the molecule is CC(C)(C)c1ccc(OCCCn2c(CNC(=O)C3CCCCC3)nc3ccccc32)cc1. The van der Waals surface area contributed by atoms with Gasteiger partial charge in [-0.3, -0.25) is 4.79 Å². The molecule has 2 aromatic carbocycles. The Labute approximate surface area is 197 Å². The lowest BCUT2D eigenvalue weighted by molar-refractivity contribution is -0.126. The van der Waals surface area contributed by atoms with Crippen LogP contribution in [0.4, 0.5) is 0 Å². The minimum atomic E-state index is 0.143. The molecule has 0 bridgehead atoms. The number of imidazole rings is 1. The van der Waals surface area contributed by atoms with Crippen LogP contribution in [-0.2, 0) is 23.3 Å². The topological polar surface area (TPSA) is 56.1 Å². The number of nitrogens with zero attached hydrogens (tertiary/aromatic N) is 2. The predicted molar refractivity (Wildman–Crippen MR) is 133 cm³/mol. The largest absolute Gasteiger partial charge is 0.494 e. The second-order valence-corrected chi connectivity index (χ2v) is 10.2. The molecule has 1 aromatic heterocycles. The highest BCUT2D eigenvalue weighted by atomic mass is 16.5. The molecular weight excluding hydrogens is 410 g/mol. The van der Waals surface area contributed by atoms with E-state index in [4.69, 9.17) is 9.72 Å². The van der Waals surface area contributed by atoms with Crippen molar-refractivity contribution >= 4 is 16.9 Å². The molecule has 5 nitrogen and oxygen atoms in total. The smallest absolute Gasteiger partial charge is 0.223 e. The minimum absolute atomic E-state index is 0.143. The molecule has 1 amide bonds. The number of rotatable bonds is 8. The van der Waals surface area contributed by atoms with Crippen LogP contribution in [0, 0.1) is 5.92 Å². The number of fused-ring (bicyclic) bond motifs is 1. The van der Waals surface area contributed by atoms with Crippen LogP contribution in [-0.4, -0.2) is 22.1 Å². The summed E-state index contributed by atoms with van der Waals surface area (Å²) >= 11 is 0. The van der Waals surface area contributed by atoms with E-state index >= 15 is 0 Å². The summed E-state index contributed by atoms with van der Waals surface area (Å²) in [7, 11) is 0. The highest BCUT2D eigenvalue weighted by Gasteiger charge is 2.21. The van der Waals surface area contributed by atoms with E-state index in [1.165, 1.54) is 12.0 Å². The fourth-order valence-corrected chi connectivity index (χ4v) is 4.65. The molecule has 1 saturated carbocycles. The lowest BCUT2D eigenvalue weighted by atomic mass is 9.87. The summed E-state index contributed by atoms with van der Waals surface area (Å²) in [5.74, 6) is 2.15. The van der Waals surface area contributed by atoms with Gasteiger partial charge in [-0.05, 0) is 54.5 Å². The first kappa shape index (κ1) is 23.3. The first-order chi connectivity index (χ1) is 15.9. The minimum Gasteiger partial charge on any atom is -0.494 e. The molecule has 0 atom stereocenters. The van der Waals surface area contributed by atoms with Gasteiger partial charge in [0, 0.05) is 12.5 Å². The molecular formula is C28H37N3O2. The van der Waals surface area contributed by atoms with Crippen molar-refractivity contribution in [3.8, 4) is 5.75 Å². The van der Waals surface area contributed by atoms with Gasteiger partial charge in [0.15, 0.2) is 0 Å². The monoisotopic (exact) mass is 447 g/mol.